The van der Waals surface area contributed by atoms with E-state index in [9.17, 15) is 0 Å². The van der Waals surface area contributed by atoms with Crippen LogP contribution in [0.3, 0.4) is 0 Å². The van der Waals surface area contributed by atoms with Crippen LogP contribution in [0.2, 0.25) is 0 Å². The van der Waals surface area contributed by atoms with Gasteiger partial charge >= 0.3 is 0 Å². The molecule has 0 saturated heterocycles. The summed E-state index contributed by atoms with van der Waals surface area (Å²) in [4.78, 5) is 2.36. The van der Waals surface area contributed by atoms with Crippen LogP contribution in [0.5, 0.6) is 0 Å². The van der Waals surface area contributed by atoms with Gasteiger partial charge in [-0.1, -0.05) is 12.1 Å². The number of aryl methyl sites for hydroxylation is 1. The van der Waals surface area contributed by atoms with Crippen molar-refractivity contribution in [2.24, 2.45) is 7.05 Å². The van der Waals surface area contributed by atoms with Crippen LogP contribution in [-0.2, 0) is 20.0 Å². The largest absolute Gasteiger partial charge is 0.372 e. The fraction of sp³-hybridized carbons (Fsp3) is 0.471. The molecular formula is C17H26N4. The van der Waals surface area contributed by atoms with Crippen LogP contribution < -0.4 is 10.2 Å². The number of rotatable bonds is 8. The lowest BCUT2D eigenvalue weighted by Gasteiger charge is -2.21. The minimum Gasteiger partial charge on any atom is -0.372 e. The molecule has 114 valence electrons. The standard InChI is InChI=1S/C17H26N4/c1-4-21(5-2)17-8-6-15(7-9-17)12-18-11-10-16-13-19-20(3)14-16/h6-9,13-14,18H,4-5,10-12H2,1-3H3. The Balaban J connectivity index is 1.76. The summed E-state index contributed by atoms with van der Waals surface area (Å²) in [6, 6.07) is 8.85. The molecule has 0 radical (unpaired) electrons. The third-order valence-electron chi connectivity index (χ3n) is 3.74. The summed E-state index contributed by atoms with van der Waals surface area (Å²) in [5, 5.41) is 7.67. The van der Waals surface area contributed by atoms with Gasteiger partial charge < -0.3 is 10.2 Å². The van der Waals surface area contributed by atoms with Crippen LogP contribution in [0.1, 0.15) is 25.0 Å². The minimum absolute atomic E-state index is 0.915. The molecule has 4 heteroatoms. The van der Waals surface area contributed by atoms with Crippen molar-refractivity contribution in [3.63, 3.8) is 0 Å². The van der Waals surface area contributed by atoms with E-state index in [0.29, 0.717) is 0 Å². The number of nitrogens with one attached hydrogen (secondary N) is 1. The van der Waals surface area contributed by atoms with Gasteiger partial charge in [0.15, 0.2) is 0 Å². The Kier molecular flexibility index (Phi) is 5.81. The van der Waals surface area contributed by atoms with Crippen molar-refractivity contribution in [3.8, 4) is 0 Å². The highest BCUT2D eigenvalue weighted by atomic mass is 15.2. The number of aromatic nitrogens is 2. The smallest absolute Gasteiger partial charge is 0.0522 e. The lowest BCUT2D eigenvalue weighted by Crippen LogP contribution is -2.21. The van der Waals surface area contributed by atoms with Gasteiger partial charge in [-0.05, 0) is 50.1 Å². The second-order valence-electron chi connectivity index (χ2n) is 5.29. The maximum Gasteiger partial charge on any atom is 0.0522 e. The lowest BCUT2D eigenvalue weighted by molar-refractivity contribution is 0.686. The molecule has 1 aromatic carbocycles. The average Bonchev–Trinajstić information content (AvgIpc) is 2.92. The first-order chi connectivity index (χ1) is 10.2. The molecule has 4 nitrogen and oxygen atoms in total. The molecule has 21 heavy (non-hydrogen) atoms. The highest BCUT2D eigenvalue weighted by Gasteiger charge is 2.01. The van der Waals surface area contributed by atoms with Crippen molar-refractivity contribution < 1.29 is 0 Å². The number of benzene rings is 1. The van der Waals surface area contributed by atoms with Crippen LogP contribution in [0, 0.1) is 0 Å². The van der Waals surface area contributed by atoms with Crippen molar-refractivity contribution in [1.29, 1.82) is 0 Å². The van der Waals surface area contributed by atoms with E-state index >= 15 is 0 Å². The van der Waals surface area contributed by atoms with E-state index in [1.165, 1.54) is 16.8 Å². The predicted molar refractivity (Wildman–Crippen MR) is 88.6 cm³/mol. The third-order valence-corrected chi connectivity index (χ3v) is 3.74. The van der Waals surface area contributed by atoms with Crippen LogP contribution in [0.4, 0.5) is 5.69 Å². The Labute approximate surface area is 127 Å². The molecule has 0 bridgehead atoms. The van der Waals surface area contributed by atoms with E-state index in [-0.39, 0.29) is 0 Å². The zero-order valence-electron chi connectivity index (χ0n) is 13.3. The van der Waals surface area contributed by atoms with Gasteiger partial charge in [0.25, 0.3) is 0 Å². The van der Waals surface area contributed by atoms with E-state index in [1.807, 2.05) is 17.9 Å². The van der Waals surface area contributed by atoms with Crippen LogP contribution in [0.25, 0.3) is 0 Å². The van der Waals surface area contributed by atoms with Gasteiger partial charge in [-0.25, -0.2) is 0 Å². The molecule has 0 amide bonds. The van der Waals surface area contributed by atoms with E-state index in [2.05, 4.69) is 59.6 Å². The fourth-order valence-electron chi connectivity index (χ4n) is 2.48. The minimum atomic E-state index is 0.915. The van der Waals surface area contributed by atoms with Crippen LogP contribution in [0.15, 0.2) is 36.7 Å². The molecule has 0 aliphatic rings. The van der Waals surface area contributed by atoms with E-state index < -0.39 is 0 Å². The van der Waals surface area contributed by atoms with Gasteiger partial charge in [0.2, 0.25) is 0 Å². The van der Waals surface area contributed by atoms with Gasteiger partial charge in [0, 0.05) is 38.6 Å². The summed E-state index contributed by atoms with van der Waals surface area (Å²) < 4.78 is 1.85. The maximum atomic E-state index is 4.18. The number of anilines is 1. The first-order valence-electron chi connectivity index (χ1n) is 7.75. The lowest BCUT2D eigenvalue weighted by atomic mass is 10.2. The summed E-state index contributed by atoms with van der Waals surface area (Å²) in [5.41, 5.74) is 3.91. The Hall–Kier alpha value is -1.81. The molecule has 0 spiro atoms. The summed E-state index contributed by atoms with van der Waals surface area (Å²) in [6.07, 6.45) is 5.02. The fourth-order valence-corrected chi connectivity index (χ4v) is 2.48. The highest BCUT2D eigenvalue weighted by Crippen LogP contribution is 2.14. The van der Waals surface area contributed by atoms with Gasteiger partial charge in [0.05, 0.1) is 6.20 Å². The Morgan fingerprint density at radius 3 is 2.38 bits per heavy atom. The molecule has 0 unspecified atom stereocenters. The molecular weight excluding hydrogens is 260 g/mol. The molecule has 0 aliphatic carbocycles. The van der Waals surface area contributed by atoms with Crippen molar-refractivity contribution >= 4 is 5.69 Å². The Morgan fingerprint density at radius 2 is 1.81 bits per heavy atom. The van der Waals surface area contributed by atoms with Gasteiger partial charge in [0.1, 0.15) is 0 Å². The number of hydrogen-bond donors (Lipinski definition) is 1. The van der Waals surface area contributed by atoms with E-state index in [1.54, 1.807) is 0 Å². The van der Waals surface area contributed by atoms with Crippen molar-refractivity contribution in [3.05, 3.63) is 47.8 Å². The average molecular weight is 286 g/mol. The third kappa shape index (κ3) is 4.60. The SMILES string of the molecule is CCN(CC)c1ccc(CNCCc2cnn(C)c2)cc1. The van der Waals surface area contributed by atoms with Crippen molar-refractivity contribution in [2.75, 3.05) is 24.5 Å². The summed E-state index contributed by atoms with van der Waals surface area (Å²) >= 11 is 0. The topological polar surface area (TPSA) is 33.1 Å². The summed E-state index contributed by atoms with van der Waals surface area (Å²) in [6.45, 7) is 8.38. The second kappa shape index (κ2) is 7.84. The summed E-state index contributed by atoms with van der Waals surface area (Å²) in [5.74, 6) is 0. The normalized spacial score (nSPS) is 10.8. The van der Waals surface area contributed by atoms with Gasteiger partial charge in [-0.2, -0.15) is 5.10 Å². The van der Waals surface area contributed by atoms with Gasteiger partial charge in [-0.15, -0.1) is 0 Å². The van der Waals surface area contributed by atoms with Crippen molar-refractivity contribution in [2.45, 2.75) is 26.8 Å². The van der Waals surface area contributed by atoms with Crippen LogP contribution in [-0.4, -0.2) is 29.4 Å². The Morgan fingerprint density at radius 1 is 1.10 bits per heavy atom. The molecule has 1 N–H and O–H groups in total. The molecule has 0 atom stereocenters. The van der Waals surface area contributed by atoms with Crippen LogP contribution >= 0.6 is 0 Å². The second-order valence-corrected chi connectivity index (χ2v) is 5.29. The first-order valence-corrected chi connectivity index (χ1v) is 7.75. The molecule has 0 aliphatic heterocycles. The molecule has 1 aromatic heterocycles. The monoisotopic (exact) mass is 286 g/mol. The zero-order valence-corrected chi connectivity index (χ0v) is 13.3. The maximum absolute atomic E-state index is 4.18. The quantitative estimate of drug-likeness (QED) is 0.757. The van der Waals surface area contributed by atoms with E-state index in [4.69, 9.17) is 0 Å². The van der Waals surface area contributed by atoms with Crippen molar-refractivity contribution in [1.82, 2.24) is 15.1 Å². The van der Waals surface area contributed by atoms with Gasteiger partial charge in [-0.3, -0.25) is 4.68 Å². The van der Waals surface area contributed by atoms with E-state index in [0.717, 1.165) is 32.6 Å². The number of nitrogens with zero attached hydrogens (tertiary/aromatic N) is 3. The molecule has 2 aromatic rings. The molecule has 0 fully saturated rings. The molecule has 1 heterocycles. The Bertz CT molecular complexity index is 526. The molecule has 2 rings (SSSR count). The highest BCUT2D eigenvalue weighted by molar-refractivity contribution is 5.47. The first kappa shape index (κ1) is 15.6. The summed E-state index contributed by atoms with van der Waals surface area (Å²) in [7, 11) is 1.95. The predicted octanol–water partition coefficient (Wildman–Crippen LogP) is 2.60. The zero-order chi connectivity index (χ0) is 15.1. The number of hydrogen-bond acceptors (Lipinski definition) is 3. The molecule has 0 saturated carbocycles.